The molecule has 9 nitrogen and oxygen atoms in total. The number of fused-ring (bicyclic) bond motifs is 1. The highest BCUT2D eigenvalue weighted by molar-refractivity contribution is 6.14. The lowest BCUT2D eigenvalue weighted by Crippen LogP contribution is -2.09. The number of benzene rings is 3. The molecule has 0 amide bonds. The number of Topliss-reactive ketones (excluding diaryl/α,β-unsaturated/α-hetero) is 1. The van der Waals surface area contributed by atoms with Crippen LogP contribution in [0.3, 0.4) is 0 Å². The Morgan fingerprint density at radius 3 is 2.03 bits per heavy atom. The fraction of sp³-hybridized carbons (Fsp3) is 0.185. The summed E-state index contributed by atoms with van der Waals surface area (Å²) in [4.78, 5) is 25.7. The average Bonchev–Trinajstić information content (AvgIpc) is 3.21. The Hall–Kier alpha value is -4.66. The van der Waals surface area contributed by atoms with Crippen molar-refractivity contribution in [3.8, 4) is 40.2 Å². The molecule has 0 radical (unpaired) electrons. The first kappa shape index (κ1) is 24.5. The summed E-state index contributed by atoms with van der Waals surface area (Å²) in [7, 11) is 7.45. The molecular formula is C27H24O9. The van der Waals surface area contributed by atoms with E-state index in [4.69, 9.17) is 33.2 Å². The molecule has 9 heteroatoms. The number of ether oxygens (including phenoxy) is 7. The van der Waals surface area contributed by atoms with Crippen molar-refractivity contribution in [2.75, 3.05) is 35.5 Å². The molecule has 186 valence electrons. The molecule has 1 aliphatic rings. The molecule has 4 rings (SSSR count). The Morgan fingerprint density at radius 2 is 1.42 bits per heavy atom. The molecule has 0 saturated heterocycles. The molecule has 3 aromatic rings. The highest BCUT2D eigenvalue weighted by Crippen LogP contribution is 2.39. The van der Waals surface area contributed by atoms with Crippen LogP contribution in [0.15, 0.2) is 54.3 Å². The van der Waals surface area contributed by atoms with Crippen molar-refractivity contribution >= 4 is 17.8 Å². The molecule has 0 bridgehead atoms. The fourth-order valence-corrected chi connectivity index (χ4v) is 3.69. The van der Waals surface area contributed by atoms with E-state index in [1.807, 2.05) is 0 Å². The van der Waals surface area contributed by atoms with Gasteiger partial charge in [-0.1, -0.05) is 6.07 Å². The highest BCUT2D eigenvalue weighted by Gasteiger charge is 2.28. The van der Waals surface area contributed by atoms with Crippen LogP contribution in [0, 0.1) is 0 Å². The van der Waals surface area contributed by atoms with E-state index >= 15 is 0 Å². The maximum Gasteiger partial charge on any atom is 0.343 e. The highest BCUT2D eigenvalue weighted by atomic mass is 16.5. The maximum absolute atomic E-state index is 12.8. The minimum atomic E-state index is -0.653. The van der Waals surface area contributed by atoms with Crippen LogP contribution in [0.5, 0.6) is 40.2 Å². The molecule has 0 aromatic heterocycles. The van der Waals surface area contributed by atoms with Gasteiger partial charge < -0.3 is 33.2 Å². The molecule has 0 atom stereocenters. The number of carbonyl (C=O) groups is 2. The lowest BCUT2D eigenvalue weighted by atomic mass is 10.1. The van der Waals surface area contributed by atoms with Gasteiger partial charge in [-0.15, -0.1) is 0 Å². The Labute approximate surface area is 207 Å². The fourth-order valence-electron chi connectivity index (χ4n) is 3.69. The summed E-state index contributed by atoms with van der Waals surface area (Å²) in [5, 5.41) is 0. The molecule has 3 aromatic carbocycles. The van der Waals surface area contributed by atoms with E-state index < -0.39 is 5.97 Å². The number of hydrogen-bond donors (Lipinski definition) is 0. The molecule has 1 heterocycles. The van der Waals surface area contributed by atoms with Crippen LogP contribution in [0.1, 0.15) is 26.3 Å². The standard InChI is InChI=1S/C27H24O9/c1-30-19-9-6-15(10-21(19)31-2)11-22-25(28)18-8-7-17(14-20(18)36-22)35-27(29)16-12-23(32-3)26(34-5)24(13-16)33-4/h6-14H,1-5H3. The van der Waals surface area contributed by atoms with E-state index in [1.54, 1.807) is 37.5 Å². The first-order chi connectivity index (χ1) is 17.4. The van der Waals surface area contributed by atoms with Crippen LogP contribution < -0.4 is 33.2 Å². The van der Waals surface area contributed by atoms with Crippen molar-refractivity contribution in [1.82, 2.24) is 0 Å². The van der Waals surface area contributed by atoms with Crippen LogP contribution in [-0.2, 0) is 0 Å². The second kappa shape index (κ2) is 10.3. The predicted octanol–water partition coefficient (Wildman–Crippen LogP) is 4.57. The van der Waals surface area contributed by atoms with E-state index in [2.05, 4.69) is 0 Å². The minimum absolute atomic E-state index is 0.130. The number of ketones is 1. The van der Waals surface area contributed by atoms with Crippen LogP contribution >= 0.6 is 0 Å². The zero-order chi connectivity index (χ0) is 25.8. The van der Waals surface area contributed by atoms with Gasteiger partial charge in [-0.3, -0.25) is 4.79 Å². The monoisotopic (exact) mass is 492 g/mol. The molecule has 0 spiro atoms. The van der Waals surface area contributed by atoms with Crippen LogP contribution in [0.25, 0.3) is 6.08 Å². The lowest BCUT2D eigenvalue weighted by Gasteiger charge is -2.13. The molecular weight excluding hydrogens is 468 g/mol. The molecule has 36 heavy (non-hydrogen) atoms. The third kappa shape index (κ3) is 4.63. The van der Waals surface area contributed by atoms with Gasteiger partial charge in [0.15, 0.2) is 28.8 Å². The summed E-state index contributed by atoms with van der Waals surface area (Å²) >= 11 is 0. The summed E-state index contributed by atoms with van der Waals surface area (Å²) in [6.07, 6.45) is 1.60. The van der Waals surface area contributed by atoms with Crippen molar-refractivity contribution in [2.24, 2.45) is 0 Å². The SMILES string of the molecule is COc1ccc(C=C2Oc3cc(OC(=O)c4cc(OC)c(OC)c(OC)c4)ccc3C2=O)cc1OC. The van der Waals surface area contributed by atoms with Crippen molar-refractivity contribution in [3.63, 3.8) is 0 Å². The first-order valence-electron chi connectivity index (χ1n) is 10.7. The second-order valence-electron chi connectivity index (χ2n) is 7.52. The number of hydrogen-bond acceptors (Lipinski definition) is 9. The van der Waals surface area contributed by atoms with Gasteiger partial charge in [0.05, 0.1) is 46.7 Å². The molecule has 0 fully saturated rings. The van der Waals surface area contributed by atoms with E-state index in [9.17, 15) is 9.59 Å². The van der Waals surface area contributed by atoms with Gasteiger partial charge in [-0.25, -0.2) is 4.79 Å². The van der Waals surface area contributed by atoms with Gasteiger partial charge in [0.25, 0.3) is 0 Å². The summed E-state index contributed by atoms with van der Waals surface area (Å²) in [6.45, 7) is 0. The molecule has 0 saturated carbocycles. The quantitative estimate of drug-likeness (QED) is 0.254. The van der Waals surface area contributed by atoms with E-state index in [0.717, 1.165) is 0 Å². The number of allylic oxidation sites excluding steroid dienone is 1. The van der Waals surface area contributed by atoms with Crippen molar-refractivity contribution in [3.05, 3.63) is 71.0 Å². The van der Waals surface area contributed by atoms with Gasteiger partial charge in [0.1, 0.15) is 11.5 Å². The van der Waals surface area contributed by atoms with E-state index in [0.29, 0.717) is 39.9 Å². The Balaban J connectivity index is 1.56. The number of rotatable bonds is 8. The van der Waals surface area contributed by atoms with Crippen molar-refractivity contribution in [2.45, 2.75) is 0 Å². The van der Waals surface area contributed by atoms with Crippen LogP contribution in [-0.4, -0.2) is 47.3 Å². The van der Waals surface area contributed by atoms with Crippen LogP contribution in [0.4, 0.5) is 0 Å². The maximum atomic E-state index is 12.8. The van der Waals surface area contributed by atoms with Gasteiger partial charge >= 0.3 is 5.97 Å². The zero-order valence-electron chi connectivity index (χ0n) is 20.4. The van der Waals surface area contributed by atoms with Crippen LogP contribution in [0.2, 0.25) is 0 Å². The van der Waals surface area contributed by atoms with Crippen molar-refractivity contribution in [1.29, 1.82) is 0 Å². The number of methoxy groups -OCH3 is 5. The normalized spacial score (nSPS) is 13.0. The molecule has 1 aliphatic heterocycles. The molecule has 0 N–H and O–H groups in total. The third-order valence-electron chi connectivity index (χ3n) is 5.46. The largest absolute Gasteiger partial charge is 0.493 e. The number of carbonyl (C=O) groups excluding carboxylic acids is 2. The topological polar surface area (TPSA) is 98.8 Å². The Bertz CT molecular complexity index is 1330. The average molecular weight is 492 g/mol. The summed E-state index contributed by atoms with van der Waals surface area (Å²) in [6, 6.07) is 12.8. The second-order valence-corrected chi connectivity index (χ2v) is 7.52. The zero-order valence-corrected chi connectivity index (χ0v) is 20.4. The number of esters is 1. The van der Waals surface area contributed by atoms with Gasteiger partial charge in [0.2, 0.25) is 11.5 Å². The first-order valence-corrected chi connectivity index (χ1v) is 10.7. The van der Waals surface area contributed by atoms with E-state index in [-0.39, 0.29) is 28.6 Å². The predicted molar refractivity (Wildman–Crippen MR) is 130 cm³/mol. The molecule has 0 aliphatic carbocycles. The van der Waals surface area contributed by atoms with Crippen molar-refractivity contribution < 1.29 is 42.7 Å². The van der Waals surface area contributed by atoms with E-state index in [1.165, 1.54) is 52.7 Å². The lowest BCUT2D eigenvalue weighted by molar-refractivity contribution is 0.0733. The summed E-state index contributed by atoms with van der Waals surface area (Å²) in [5.74, 6) is 1.75. The summed E-state index contributed by atoms with van der Waals surface area (Å²) < 4.78 is 37.7. The van der Waals surface area contributed by atoms with Gasteiger partial charge in [0, 0.05) is 6.07 Å². The molecule has 0 unspecified atom stereocenters. The Morgan fingerprint density at radius 1 is 0.750 bits per heavy atom. The van der Waals surface area contributed by atoms with Gasteiger partial charge in [-0.05, 0) is 48.0 Å². The Kier molecular flexibility index (Phi) is 7.00. The minimum Gasteiger partial charge on any atom is -0.493 e. The summed E-state index contributed by atoms with van der Waals surface area (Å²) in [5.41, 5.74) is 1.24. The van der Waals surface area contributed by atoms with Gasteiger partial charge in [-0.2, -0.15) is 0 Å². The smallest absolute Gasteiger partial charge is 0.343 e. The third-order valence-corrected chi connectivity index (χ3v) is 5.46.